The van der Waals surface area contributed by atoms with Gasteiger partial charge in [0.05, 0.1) is 6.61 Å². The summed E-state index contributed by atoms with van der Waals surface area (Å²) < 4.78 is 42.2. The third-order valence-corrected chi connectivity index (χ3v) is 2.33. The van der Waals surface area contributed by atoms with Crippen molar-refractivity contribution in [3.8, 4) is 0 Å². The lowest BCUT2D eigenvalue weighted by Crippen LogP contribution is -2.46. The maximum Gasteiger partial charge on any atom is 0.406 e. The van der Waals surface area contributed by atoms with E-state index in [1.807, 2.05) is 5.43 Å². The van der Waals surface area contributed by atoms with Gasteiger partial charge in [-0.1, -0.05) is 0 Å². The van der Waals surface area contributed by atoms with E-state index in [-0.39, 0.29) is 6.61 Å². The van der Waals surface area contributed by atoms with Gasteiger partial charge in [-0.2, -0.15) is 13.2 Å². The van der Waals surface area contributed by atoms with Gasteiger partial charge in [0.25, 0.3) is 0 Å². The fraction of sp³-hybridized carbons (Fsp3) is 0.875. The highest BCUT2D eigenvalue weighted by Gasteiger charge is 2.56. The van der Waals surface area contributed by atoms with Gasteiger partial charge >= 0.3 is 12.1 Å². The number of hydrogen-bond acceptors (Lipinski definition) is 5. The van der Waals surface area contributed by atoms with Crippen molar-refractivity contribution in [1.29, 1.82) is 0 Å². The van der Waals surface area contributed by atoms with E-state index >= 15 is 0 Å². The van der Waals surface area contributed by atoms with Gasteiger partial charge in [0.2, 0.25) is 0 Å². The van der Waals surface area contributed by atoms with Gasteiger partial charge in [-0.15, -0.1) is 0 Å². The molecule has 3 unspecified atom stereocenters. The Morgan fingerprint density at radius 1 is 1.56 bits per heavy atom. The zero-order valence-electron chi connectivity index (χ0n) is 8.78. The first-order chi connectivity index (χ1) is 7.29. The molecule has 0 radical (unpaired) electrons. The summed E-state index contributed by atoms with van der Waals surface area (Å²) in [5.74, 6) is -2.72. The number of hydrogen-bond donors (Lipinski definition) is 2. The number of ether oxygens (including phenoxy) is 1. The highest BCUT2D eigenvalue weighted by atomic mass is 19.4. The lowest BCUT2D eigenvalue weighted by molar-refractivity contribution is -0.180. The Kier molecular flexibility index (Phi) is 3.76. The molecular formula is C8H13F3N2O3. The van der Waals surface area contributed by atoms with E-state index in [9.17, 15) is 23.1 Å². The summed E-state index contributed by atoms with van der Waals surface area (Å²) in [6, 6.07) is -2.12. The average Bonchev–Trinajstić information content (AvgIpc) is 2.43. The summed E-state index contributed by atoms with van der Waals surface area (Å²) in [6.45, 7) is 1.45. The third kappa shape index (κ3) is 2.45. The monoisotopic (exact) mass is 242 g/mol. The standard InChI is InChI=1S/C8H13F3N2O3/c1-3-16-7(15)4-5(8(9,10)11)12-13(2)6(4)14/h4-6,12,14H,3H2,1-2H3. The predicted octanol–water partition coefficient (Wildman–Crippen LogP) is -0.135. The molecule has 0 aromatic rings. The summed E-state index contributed by atoms with van der Waals surface area (Å²) in [5, 5.41) is 10.3. The molecule has 1 heterocycles. The minimum atomic E-state index is -4.62. The van der Waals surface area contributed by atoms with Crippen LogP contribution in [0, 0.1) is 5.92 Å². The summed E-state index contributed by atoms with van der Waals surface area (Å²) in [4.78, 5) is 11.3. The van der Waals surface area contributed by atoms with Crippen LogP contribution < -0.4 is 5.43 Å². The van der Waals surface area contributed by atoms with Crippen LogP contribution >= 0.6 is 0 Å². The second-order valence-electron chi connectivity index (χ2n) is 3.45. The van der Waals surface area contributed by atoms with Crippen LogP contribution in [-0.4, -0.2) is 48.2 Å². The fourth-order valence-corrected chi connectivity index (χ4v) is 1.56. The van der Waals surface area contributed by atoms with E-state index < -0.39 is 30.3 Å². The molecule has 8 heteroatoms. The molecule has 0 aliphatic carbocycles. The highest BCUT2D eigenvalue weighted by Crippen LogP contribution is 2.33. The Balaban J connectivity index is 2.88. The normalized spacial score (nSPS) is 31.8. The van der Waals surface area contributed by atoms with Crippen LogP contribution in [0.1, 0.15) is 6.92 Å². The molecule has 1 rings (SSSR count). The minimum absolute atomic E-state index is 0.0314. The van der Waals surface area contributed by atoms with Gasteiger partial charge in [-0.05, 0) is 6.92 Å². The SMILES string of the molecule is CCOC(=O)C1C(O)N(C)NC1C(F)(F)F. The molecule has 0 spiro atoms. The van der Waals surface area contributed by atoms with E-state index in [1.165, 1.54) is 14.0 Å². The number of nitrogens with zero attached hydrogens (tertiary/aromatic N) is 1. The molecule has 5 nitrogen and oxygen atoms in total. The molecule has 94 valence electrons. The fourth-order valence-electron chi connectivity index (χ4n) is 1.56. The number of nitrogens with one attached hydrogen (secondary N) is 1. The van der Waals surface area contributed by atoms with E-state index in [2.05, 4.69) is 4.74 Å². The van der Waals surface area contributed by atoms with Gasteiger partial charge < -0.3 is 9.84 Å². The number of rotatable bonds is 2. The number of alkyl halides is 3. The largest absolute Gasteiger partial charge is 0.466 e. The van der Waals surface area contributed by atoms with Crippen LogP contribution in [0.3, 0.4) is 0 Å². The molecule has 0 aromatic carbocycles. The number of aliphatic hydroxyl groups is 1. The molecule has 2 N–H and O–H groups in total. The number of aliphatic hydroxyl groups excluding tert-OH is 1. The van der Waals surface area contributed by atoms with Crippen LogP contribution in [0.2, 0.25) is 0 Å². The van der Waals surface area contributed by atoms with Crippen molar-refractivity contribution in [1.82, 2.24) is 10.4 Å². The Bertz CT molecular complexity index is 272. The second-order valence-corrected chi connectivity index (χ2v) is 3.45. The Morgan fingerprint density at radius 3 is 2.56 bits per heavy atom. The molecule has 0 aromatic heterocycles. The Morgan fingerprint density at radius 2 is 2.12 bits per heavy atom. The molecule has 0 amide bonds. The van der Waals surface area contributed by atoms with Gasteiger partial charge in [-0.3, -0.25) is 4.79 Å². The number of carbonyl (C=O) groups excluding carboxylic acids is 1. The third-order valence-electron chi connectivity index (χ3n) is 2.33. The molecular weight excluding hydrogens is 229 g/mol. The smallest absolute Gasteiger partial charge is 0.406 e. The average molecular weight is 242 g/mol. The first kappa shape index (κ1) is 13.2. The number of carbonyl (C=O) groups is 1. The lowest BCUT2D eigenvalue weighted by atomic mass is 10.00. The van der Waals surface area contributed by atoms with Crippen LogP contribution in [0.5, 0.6) is 0 Å². The van der Waals surface area contributed by atoms with Gasteiger partial charge in [-0.25, -0.2) is 10.4 Å². The summed E-state index contributed by atoms with van der Waals surface area (Å²) in [6.07, 6.45) is -6.17. The van der Waals surface area contributed by atoms with Crippen molar-refractivity contribution in [3.63, 3.8) is 0 Å². The Hall–Kier alpha value is -0.860. The number of halogens is 3. The van der Waals surface area contributed by atoms with E-state index in [4.69, 9.17) is 0 Å². The van der Waals surface area contributed by atoms with Crippen molar-refractivity contribution >= 4 is 5.97 Å². The maximum absolute atomic E-state index is 12.6. The molecule has 0 bridgehead atoms. The molecule has 1 saturated heterocycles. The quantitative estimate of drug-likeness (QED) is 0.660. The minimum Gasteiger partial charge on any atom is -0.466 e. The van der Waals surface area contributed by atoms with Crippen LogP contribution in [-0.2, 0) is 9.53 Å². The van der Waals surface area contributed by atoms with Gasteiger partial charge in [0, 0.05) is 7.05 Å². The van der Waals surface area contributed by atoms with Crippen molar-refractivity contribution in [3.05, 3.63) is 0 Å². The lowest BCUT2D eigenvalue weighted by Gasteiger charge is -2.20. The summed E-state index contributed by atoms with van der Waals surface area (Å²) >= 11 is 0. The zero-order chi connectivity index (χ0) is 12.5. The second kappa shape index (κ2) is 4.56. The van der Waals surface area contributed by atoms with Crippen LogP contribution in [0.25, 0.3) is 0 Å². The van der Waals surface area contributed by atoms with Crippen molar-refractivity contribution in [2.45, 2.75) is 25.4 Å². The molecule has 1 fully saturated rings. The summed E-state index contributed by atoms with van der Waals surface area (Å²) in [5.41, 5.74) is 1.99. The van der Waals surface area contributed by atoms with Crippen molar-refractivity contribution in [2.24, 2.45) is 5.92 Å². The van der Waals surface area contributed by atoms with Crippen LogP contribution in [0.15, 0.2) is 0 Å². The highest BCUT2D eigenvalue weighted by molar-refractivity contribution is 5.74. The summed E-state index contributed by atoms with van der Waals surface area (Å²) in [7, 11) is 1.22. The topological polar surface area (TPSA) is 61.8 Å². The first-order valence-electron chi connectivity index (χ1n) is 4.69. The van der Waals surface area contributed by atoms with Gasteiger partial charge in [0.15, 0.2) is 0 Å². The van der Waals surface area contributed by atoms with E-state index in [0.29, 0.717) is 0 Å². The molecule has 1 aliphatic heterocycles. The predicted molar refractivity (Wildman–Crippen MR) is 46.9 cm³/mol. The van der Waals surface area contributed by atoms with Crippen molar-refractivity contribution < 1.29 is 27.8 Å². The molecule has 1 aliphatic rings. The maximum atomic E-state index is 12.6. The van der Waals surface area contributed by atoms with Crippen LogP contribution in [0.4, 0.5) is 13.2 Å². The Labute approximate surface area is 90.1 Å². The molecule has 3 atom stereocenters. The first-order valence-corrected chi connectivity index (χ1v) is 4.69. The van der Waals surface area contributed by atoms with E-state index in [0.717, 1.165) is 5.01 Å². The zero-order valence-corrected chi connectivity index (χ0v) is 8.78. The van der Waals surface area contributed by atoms with Gasteiger partial charge in [0.1, 0.15) is 18.2 Å². The number of hydrazine groups is 1. The van der Waals surface area contributed by atoms with Crippen molar-refractivity contribution in [2.75, 3.05) is 13.7 Å². The molecule has 0 saturated carbocycles. The number of esters is 1. The van der Waals surface area contributed by atoms with E-state index in [1.54, 1.807) is 0 Å². The molecule has 16 heavy (non-hydrogen) atoms.